The molecule has 1 aromatic carbocycles. The number of alkyl halides is 3. The average molecular weight is 508 g/mol. The summed E-state index contributed by atoms with van der Waals surface area (Å²) in [6.07, 6.45) is -4.13. The molecule has 5 rings (SSSR count). The molecule has 2 aromatic rings. The molecule has 1 aromatic heterocycles. The molecule has 36 heavy (non-hydrogen) atoms. The van der Waals surface area contributed by atoms with Gasteiger partial charge in [-0.3, -0.25) is 4.90 Å². The van der Waals surface area contributed by atoms with Crippen molar-refractivity contribution in [3.05, 3.63) is 35.4 Å². The van der Waals surface area contributed by atoms with E-state index in [1.807, 2.05) is 4.90 Å². The van der Waals surface area contributed by atoms with Gasteiger partial charge in [0.2, 0.25) is 5.95 Å². The first-order valence-corrected chi connectivity index (χ1v) is 11.8. The van der Waals surface area contributed by atoms with Crippen LogP contribution in [0.15, 0.2) is 24.3 Å². The number of ether oxygens (including phenoxy) is 2. The molecule has 3 aliphatic heterocycles. The van der Waals surface area contributed by atoms with Crippen molar-refractivity contribution in [3.63, 3.8) is 0 Å². The SMILES string of the molecule is N=Cc1c(Nc2cccc(C(F)(F)F)c2)nc(N[C@H]2COC[C@H]2O)nc1N1CC(N2CCOCC2)C1. The summed E-state index contributed by atoms with van der Waals surface area (Å²) in [6.45, 7) is 4.94. The third-order valence-electron chi connectivity index (χ3n) is 6.61. The predicted octanol–water partition coefficient (Wildman–Crippen LogP) is 1.93. The average Bonchev–Trinajstić information content (AvgIpc) is 3.23. The van der Waals surface area contributed by atoms with Gasteiger partial charge in [0.1, 0.15) is 11.6 Å². The maximum Gasteiger partial charge on any atom is 0.416 e. The molecular weight excluding hydrogens is 479 g/mol. The lowest BCUT2D eigenvalue weighted by Crippen LogP contribution is -2.62. The van der Waals surface area contributed by atoms with Crippen LogP contribution in [-0.2, 0) is 15.7 Å². The molecule has 10 nitrogen and oxygen atoms in total. The first-order valence-electron chi connectivity index (χ1n) is 11.8. The Bertz CT molecular complexity index is 1090. The van der Waals surface area contributed by atoms with Crippen molar-refractivity contribution < 1.29 is 27.8 Å². The molecule has 0 amide bonds. The highest BCUT2D eigenvalue weighted by Crippen LogP contribution is 2.34. The van der Waals surface area contributed by atoms with Crippen molar-refractivity contribution in [3.8, 4) is 0 Å². The summed E-state index contributed by atoms with van der Waals surface area (Å²) in [4.78, 5) is 13.5. The summed E-state index contributed by atoms with van der Waals surface area (Å²) in [6, 6.07) is 4.70. The lowest BCUT2D eigenvalue weighted by molar-refractivity contribution is -0.137. The van der Waals surface area contributed by atoms with Crippen LogP contribution in [0.5, 0.6) is 0 Å². The van der Waals surface area contributed by atoms with Crippen molar-refractivity contribution in [1.82, 2.24) is 14.9 Å². The Labute approximate surface area is 205 Å². The first-order chi connectivity index (χ1) is 17.3. The summed E-state index contributed by atoms with van der Waals surface area (Å²) in [5, 5.41) is 24.2. The normalized spacial score (nSPS) is 23.4. The van der Waals surface area contributed by atoms with Crippen molar-refractivity contribution >= 4 is 29.5 Å². The Morgan fingerprint density at radius 3 is 2.56 bits per heavy atom. The second-order valence-electron chi connectivity index (χ2n) is 9.04. The van der Waals surface area contributed by atoms with E-state index in [1.165, 1.54) is 12.1 Å². The highest BCUT2D eigenvalue weighted by Gasteiger charge is 2.36. The second-order valence-corrected chi connectivity index (χ2v) is 9.04. The summed E-state index contributed by atoms with van der Waals surface area (Å²) < 4.78 is 50.4. The van der Waals surface area contributed by atoms with Gasteiger partial charge in [-0.05, 0) is 18.2 Å². The molecule has 0 spiro atoms. The number of anilines is 4. The van der Waals surface area contributed by atoms with Crippen LogP contribution >= 0.6 is 0 Å². The number of aliphatic hydroxyl groups is 1. The summed E-state index contributed by atoms with van der Waals surface area (Å²) in [5.74, 6) is 0.879. The molecule has 3 saturated heterocycles. The highest BCUT2D eigenvalue weighted by molar-refractivity contribution is 5.93. The van der Waals surface area contributed by atoms with Crippen molar-refractivity contribution in [2.24, 2.45) is 0 Å². The minimum absolute atomic E-state index is 0.183. The Kier molecular flexibility index (Phi) is 6.97. The fourth-order valence-electron chi connectivity index (χ4n) is 4.55. The Hall–Kier alpha value is -3.00. The third kappa shape index (κ3) is 5.24. The van der Waals surface area contributed by atoms with Gasteiger partial charge >= 0.3 is 6.18 Å². The molecule has 194 valence electrons. The molecule has 0 saturated carbocycles. The Morgan fingerprint density at radius 1 is 1.11 bits per heavy atom. The molecule has 3 aliphatic rings. The van der Waals surface area contributed by atoms with Gasteiger partial charge in [-0.2, -0.15) is 23.1 Å². The van der Waals surface area contributed by atoms with Gasteiger partial charge in [-0.1, -0.05) is 6.07 Å². The zero-order chi connectivity index (χ0) is 25.3. The lowest BCUT2D eigenvalue weighted by atomic mass is 10.1. The highest BCUT2D eigenvalue weighted by atomic mass is 19.4. The number of benzene rings is 1. The van der Waals surface area contributed by atoms with Crippen molar-refractivity contribution in [1.29, 1.82) is 5.41 Å². The monoisotopic (exact) mass is 507 g/mol. The van der Waals surface area contributed by atoms with Crippen LogP contribution in [0.4, 0.5) is 36.4 Å². The first kappa shape index (κ1) is 24.7. The number of nitrogens with one attached hydrogen (secondary N) is 3. The van der Waals surface area contributed by atoms with Gasteiger partial charge in [-0.25, -0.2) is 0 Å². The quantitative estimate of drug-likeness (QED) is 0.417. The third-order valence-corrected chi connectivity index (χ3v) is 6.61. The van der Waals surface area contributed by atoms with Crippen molar-refractivity contribution in [2.75, 3.05) is 68.1 Å². The van der Waals surface area contributed by atoms with Gasteiger partial charge in [-0.15, -0.1) is 0 Å². The lowest BCUT2D eigenvalue weighted by Gasteiger charge is -2.47. The molecule has 0 unspecified atom stereocenters. The van der Waals surface area contributed by atoms with E-state index < -0.39 is 23.9 Å². The summed E-state index contributed by atoms with van der Waals surface area (Å²) in [7, 11) is 0. The topological polar surface area (TPSA) is 119 Å². The largest absolute Gasteiger partial charge is 0.416 e. The number of rotatable bonds is 7. The molecule has 4 N–H and O–H groups in total. The van der Waals surface area contributed by atoms with E-state index in [0.29, 0.717) is 43.7 Å². The smallest absolute Gasteiger partial charge is 0.388 e. The van der Waals surface area contributed by atoms with E-state index in [-0.39, 0.29) is 30.7 Å². The molecule has 2 atom stereocenters. The van der Waals surface area contributed by atoms with Crippen LogP contribution < -0.4 is 15.5 Å². The van der Waals surface area contributed by atoms with E-state index in [1.54, 1.807) is 0 Å². The molecule has 0 radical (unpaired) electrons. The minimum Gasteiger partial charge on any atom is -0.388 e. The van der Waals surface area contributed by atoms with Gasteiger partial charge in [0.15, 0.2) is 0 Å². The zero-order valence-electron chi connectivity index (χ0n) is 19.5. The van der Waals surface area contributed by atoms with E-state index in [9.17, 15) is 18.3 Å². The van der Waals surface area contributed by atoms with Crippen LogP contribution in [0, 0.1) is 5.41 Å². The van der Waals surface area contributed by atoms with Gasteiger partial charge < -0.3 is 35.5 Å². The van der Waals surface area contributed by atoms with Crippen LogP contribution in [0.2, 0.25) is 0 Å². The Morgan fingerprint density at radius 2 is 1.89 bits per heavy atom. The number of hydrogen-bond acceptors (Lipinski definition) is 10. The number of morpholine rings is 1. The van der Waals surface area contributed by atoms with Crippen LogP contribution in [0.3, 0.4) is 0 Å². The second kappa shape index (κ2) is 10.2. The maximum atomic E-state index is 13.2. The number of nitrogens with zero attached hydrogens (tertiary/aromatic N) is 4. The molecule has 0 aliphatic carbocycles. The minimum atomic E-state index is -4.49. The molecule has 0 bridgehead atoms. The van der Waals surface area contributed by atoms with E-state index in [4.69, 9.17) is 14.9 Å². The number of aromatic nitrogens is 2. The molecular formula is C23H28F3N7O3. The van der Waals surface area contributed by atoms with Gasteiger partial charge in [0.05, 0.1) is 49.7 Å². The van der Waals surface area contributed by atoms with Crippen LogP contribution in [0.1, 0.15) is 11.1 Å². The van der Waals surface area contributed by atoms with Gasteiger partial charge in [0.25, 0.3) is 0 Å². The van der Waals surface area contributed by atoms with Crippen molar-refractivity contribution in [2.45, 2.75) is 24.4 Å². The standard InChI is InChI=1S/C23H28F3N7O3/c24-23(25,26)14-2-1-3-15(8-14)28-20-17(9-27)21(31-22(30-20)29-18-12-36-13-19(18)34)33-10-16(11-33)32-4-6-35-7-5-32/h1-3,8-9,16,18-19,27,34H,4-7,10-13H2,(H2,28,29,30,31)/t18-,19+/m0/s1. The molecule has 4 heterocycles. The fraction of sp³-hybridized carbons (Fsp3) is 0.522. The number of aliphatic hydroxyl groups excluding tert-OH is 1. The Balaban J connectivity index is 1.44. The predicted molar refractivity (Wildman–Crippen MR) is 127 cm³/mol. The fourth-order valence-corrected chi connectivity index (χ4v) is 4.55. The number of hydrogen-bond donors (Lipinski definition) is 4. The zero-order valence-corrected chi connectivity index (χ0v) is 19.5. The van der Waals surface area contributed by atoms with Crippen LogP contribution in [0.25, 0.3) is 0 Å². The van der Waals surface area contributed by atoms with E-state index >= 15 is 0 Å². The molecule has 3 fully saturated rings. The maximum absolute atomic E-state index is 13.2. The van der Waals surface area contributed by atoms with E-state index in [0.717, 1.165) is 31.4 Å². The number of halogens is 3. The van der Waals surface area contributed by atoms with E-state index in [2.05, 4.69) is 25.5 Å². The summed E-state index contributed by atoms with van der Waals surface area (Å²) >= 11 is 0. The van der Waals surface area contributed by atoms with Crippen LogP contribution in [-0.4, -0.2) is 97.0 Å². The molecule has 13 heteroatoms. The van der Waals surface area contributed by atoms with Gasteiger partial charge in [0, 0.05) is 44.1 Å². The summed E-state index contributed by atoms with van der Waals surface area (Å²) in [5.41, 5.74) is -0.247.